The number of carbonyl (C=O) groups is 1. The number of nitrogens with zero attached hydrogens (tertiary/aromatic N) is 6. The van der Waals surface area contributed by atoms with Crippen LogP contribution in [0.15, 0.2) is 54.7 Å². The molecule has 3 aromatic rings. The predicted molar refractivity (Wildman–Crippen MR) is 196 cm³/mol. The van der Waals surface area contributed by atoms with Crippen LogP contribution in [0.1, 0.15) is 82.7 Å². The van der Waals surface area contributed by atoms with Crippen molar-refractivity contribution in [1.29, 1.82) is 5.26 Å². The van der Waals surface area contributed by atoms with Gasteiger partial charge in [0.25, 0.3) is 0 Å². The van der Waals surface area contributed by atoms with E-state index in [4.69, 9.17) is 26.1 Å². The first-order valence-electron chi connectivity index (χ1n) is 18.1. The molecule has 266 valence electrons. The Hall–Kier alpha value is -3.87. The fourth-order valence-corrected chi connectivity index (χ4v) is 7.86. The molecule has 6 rings (SSSR count). The number of halogens is 1. The first kappa shape index (κ1) is 35.9. The number of piperidine rings is 2. The molecule has 0 unspecified atom stereocenters. The maximum absolute atomic E-state index is 12.3. The minimum Gasteiger partial charge on any atom is -0.487 e. The van der Waals surface area contributed by atoms with Crippen molar-refractivity contribution in [2.45, 2.75) is 77.9 Å². The van der Waals surface area contributed by atoms with Crippen molar-refractivity contribution in [2.24, 2.45) is 17.8 Å². The first-order chi connectivity index (χ1) is 23.9. The summed E-state index contributed by atoms with van der Waals surface area (Å²) in [4.78, 5) is 28.5. The minimum atomic E-state index is -0.438. The number of rotatable bonds is 9. The number of amides is 1. The van der Waals surface area contributed by atoms with Gasteiger partial charge >= 0.3 is 6.09 Å². The Labute approximate surface area is 302 Å². The van der Waals surface area contributed by atoms with Gasteiger partial charge in [0.05, 0.1) is 17.3 Å². The maximum atomic E-state index is 12.3. The lowest BCUT2D eigenvalue weighted by Gasteiger charge is -2.44. The maximum Gasteiger partial charge on any atom is 0.410 e. The third-order valence-electron chi connectivity index (χ3n) is 10.7. The van der Waals surface area contributed by atoms with Gasteiger partial charge in [0.1, 0.15) is 18.0 Å². The van der Waals surface area contributed by atoms with Crippen LogP contribution in [-0.2, 0) is 16.8 Å². The van der Waals surface area contributed by atoms with Crippen LogP contribution in [-0.4, -0.2) is 77.3 Å². The van der Waals surface area contributed by atoms with Crippen LogP contribution in [0, 0.1) is 29.1 Å². The van der Waals surface area contributed by atoms with E-state index in [9.17, 15) is 10.1 Å². The smallest absolute Gasteiger partial charge is 0.410 e. The lowest BCUT2D eigenvalue weighted by Crippen LogP contribution is -2.55. The monoisotopic (exact) mass is 698 g/mol. The number of hydrogen-bond donors (Lipinski definition) is 0. The Kier molecular flexibility index (Phi) is 10.9. The summed E-state index contributed by atoms with van der Waals surface area (Å²) in [5.41, 5.74) is 2.75. The van der Waals surface area contributed by atoms with E-state index in [0.29, 0.717) is 23.1 Å². The average Bonchev–Trinajstić information content (AvgIpc) is 3.08. The highest BCUT2D eigenvalue weighted by Gasteiger charge is 2.36. The third-order valence-corrected chi connectivity index (χ3v) is 10.9. The number of ether oxygens (including phenoxy) is 2. The lowest BCUT2D eigenvalue weighted by molar-refractivity contribution is -0.00886. The molecule has 0 saturated carbocycles. The van der Waals surface area contributed by atoms with Crippen LogP contribution in [0.25, 0.3) is 0 Å². The quantitative estimate of drug-likeness (QED) is 0.224. The molecule has 0 radical (unpaired) electrons. The van der Waals surface area contributed by atoms with Crippen molar-refractivity contribution in [3.63, 3.8) is 0 Å². The number of benzene rings is 2. The van der Waals surface area contributed by atoms with E-state index in [1.165, 1.54) is 25.7 Å². The van der Waals surface area contributed by atoms with Crippen molar-refractivity contribution in [3.8, 4) is 11.8 Å². The number of anilines is 1. The SMILES string of the molecule is CC(C)(C)OC(=O)N1CC(CN2CCC(C3CCN(c4nccc(COc5ccc(C(C)(C)c6cc(Cl)cc(C#N)c6)cc5)n4)CC3)CC2)C1. The summed E-state index contributed by atoms with van der Waals surface area (Å²) in [6.07, 6.45) is 6.54. The second-order valence-electron chi connectivity index (χ2n) is 15.8. The number of hydrogen-bond acceptors (Lipinski definition) is 8. The normalized spacial score (nSPS) is 18.4. The number of likely N-dealkylation sites (tertiary alicyclic amines) is 2. The number of carbonyl (C=O) groups excluding carboxylic acids is 1. The predicted octanol–water partition coefficient (Wildman–Crippen LogP) is 7.70. The van der Waals surface area contributed by atoms with Gasteiger partial charge in [-0.3, -0.25) is 0 Å². The number of aromatic nitrogens is 2. The molecule has 0 atom stereocenters. The highest BCUT2D eigenvalue weighted by Crippen LogP contribution is 2.36. The molecular weight excluding hydrogens is 648 g/mol. The summed E-state index contributed by atoms with van der Waals surface area (Å²) < 4.78 is 11.6. The van der Waals surface area contributed by atoms with Crippen molar-refractivity contribution in [3.05, 3.63) is 82.1 Å². The van der Waals surface area contributed by atoms with Gasteiger partial charge in [0.15, 0.2) is 0 Å². The molecule has 1 amide bonds. The van der Waals surface area contributed by atoms with E-state index >= 15 is 0 Å². The molecule has 0 bridgehead atoms. The summed E-state index contributed by atoms with van der Waals surface area (Å²) in [6.45, 7) is 17.4. The highest BCUT2D eigenvalue weighted by atomic mass is 35.5. The fraction of sp³-hybridized carbons (Fsp3) is 0.550. The minimum absolute atomic E-state index is 0.181. The Bertz CT molecular complexity index is 1660. The van der Waals surface area contributed by atoms with E-state index in [2.05, 4.69) is 46.8 Å². The van der Waals surface area contributed by atoms with Gasteiger partial charge in [-0.15, -0.1) is 0 Å². The van der Waals surface area contributed by atoms with E-state index in [1.54, 1.807) is 6.07 Å². The molecular formula is C40H51ClN6O3. The van der Waals surface area contributed by atoms with Crippen molar-refractivity contribution in [1.82, 2.24) is 19.8 Å². The van der Waals surface area contributed by atoms with E-state index < -0.39 is 5.60 Å². The fourth-order valence-electron chi connectivity index (χ4n) is 7.63. The van der Waals surface area contributed by atoms with Gasteiger partial charge in [-0.1, -0.05) is 37.6 Å². The number of nitriles is 1. The van der Waals surface area contributed by atoms with Crippen molar-refractivity contribution in [2.75, 3.05) is 50.7 Å². The zero-order valence-corrected chi connectivity index (χ0v) is 31.0. The molecule has 3 aliphatic heterocycles. The molecule has 10 heteroatoms. The molecule has 2 aromatic carbocycles. The molecule has 3 fully saturated rings. The van der Waals surface area contributed by atoms with Crippen LogP contribution in [0.5, 0.6) is 5.75 Å². The summed E-state index contributed by atoms with van der Waals surface area (Å²) in [5, 5.41) is 9.95. The summed E-state index contributed by atoms with van der Waals surface area (Å²) in [5.74, 6) is 3.66. The Morgan fingerprint density at radius 3 is 2.22 bits per heavy atom. The van der Waals surface area contributed by atoms with Crippen molar-refractivity contribution < 1.29 is 14.3 Å². The van der Waals surface area contributed by atoms with Crippen LogP contribution >= 0.6 is 11.6 Å². The van der Waals surface area contributed by atoms with Crippen molar-refractivity contribution >= 4 is 23.6 Å². The largest absolute Gasteiger partial charge is 0.487 e. The zero-order valence-electron chi connectivity index (χ0n) is 30.2. The Morgan fingerprint density at radius 2 is 1.58 bits per heavy atom. The molecule has 3 aliphatic rings. The summed E-state index contributed by atoms with van der Waals surface area (Å²) in [7, 11) is 0. The molecule has 0 N–H and O–H groups in total. The second kappa shape index (κ2) is 15.2. The topological polar surface area (TPSA) is 94.8 Å². The van der Waals surface area contributed by atoms with Gasteiger partial charge in [-0.2, -0.15) is 5.26 Å². The zero-order chi connectivity index (χ0) is 35.5. The van der Waals surface area contributed by atoms with Crippen LogP contribution in [0.3, 0.4) is 0 Å². The molecule has 50 heavy (non-hydrogen) atoms. The Morgan fingerprint density at radius 1 is 0.920 bits per heavy atom. The third kappa shape index (κ3) is 8.88. The van der Waals surface area contributed by atoms with Gasteiger partial charge in [0, 0.05) is 55.3 Å². The van der Waals surface area contributed by atoms with E-state index in [-0.39, 0.29) is 11.5 Å². The van der Waals surface area contributed by atoms with E-state index in [0.717, 1.165) is 86.2 Å². The lowest BCUT2D eigenvalue weighted by atomic mass is 9.78. The summed E-state index contributed by atoms with van der Waals surface area (Å²) in [6, 6.07) is 17.7. The summed E-state index contributed by atoms with van der Waals surface area (Å²) >= 11 is 6.29. The molecule has 1 aromatic heterocycles. The first-order valence-corrected chi connectivity index (χ1v) is 18.5. The molecule has 0 spiro atoms. The molecule has 0 aliphatic carbocycles. The highest BCUT2D eigenvalue weighted by molar-refractivity contribution is 6.30. The molecule has 9 nitrogen and oxygen atoms in total. The van der Waals surface area contributed by atoms with E-state index in [1.807, 2.05) is 62.2 Å². The van der Waals surface area contributed by atoms with Gasteiger partial charge in [-0.25, -0.2) is 14.8 Å². The van der Waals surface area contributed by atoms with Crippen LogP contribution < -0.4 is 9.64 Å². The van der Waals surface area contributed by atoms with Crippen LogP contribution in [0.2, 0.25) is 5.02 Å². The van der Waals surface area contributed by atoms with Gasteiger partial charge < -0.3 is 24.2 Å². The standard InChI is InChI=1S/C40H51ClN6O3/c1-39(2,3)50-38(48)47-25-29(26-47)24-45-16-11-30(12-17-45)31-13-18-46(19-14-31)37-43-15-10-35(44-37)27-49-36-8-6-32(7-9-36)40(4,5)33-20-28(23-42)21-34(41)22-33/h6-10,15,20-22,29-31H,11-14,16-19,24-27H2,1-5H3. The van der Waals surface area contributed by atoms with Crippen LogP contribution in [0.4, 0.5) is 10.7 Å². The molecule has 3 saturated heterocycles. The second-order valence-corrected chi connectivity index (χ2v) is 16.3. The van der Waals surface area contributed by atoms with Gasteiger partial charge in [0.2, 0.25) is 5.95 Å². The van der Waals surface area contributed by atoms with Gasteiger partial charge in [-0.05, 0) is 119 Å². The Balaban J connectivity index is 0.929. The average molecular weight is 699 g/mol. The molecule has 4 heterocycles.